The summed E-state index contributed by atoms with van der Waals surface area (Å²) in [6.45, 7) is 5.63. The minimum Gasteiger partial charge on any atom is -0.474 e. The van der Waals surface area contributed by atoms with Crippen molar-refractivity contribution in [2.75, 3.05) is 11.9 Å². The topological polar surface area (TPSA) is 84.3 Å². The molecule has 1 aromatic heterocycles. The molecule has 6 heteroatoms. The second-order valence-corrected chi connectivity index (χ2v) is 4.30. The average Bonchev–Trinajstić information content (AvgIpc) is 2.36. The molecule has 0 aliphatic carbocycles. The molecule has 0 saturated heterocycles. The van der Waals surface area contributed by atoms with E-state index < -0.39 is 6.10 Å². The number of hydrogen-bond donors (Lipinski definition) is 2. The number of aliphatic hydroxyl groups is 1. The molecule has 100 valence electrons. The first-order valence-electron chi connectivity index (χ1n) is 5.97. The van der Waals surface area contributed by atoms with Crippen LogP contribution in [0.15, 0.2) is 12.3 Å². The minimum absolute atomic E-state index is 0.0949. The molecule has 1 heterocycles. The number of aromatic nitrogens is 2. The van der Waals surface area contributed by atoms with Gasteiger partial charge in [-0.15, -0.1) is 5.10 Å². The molecule has 0 aliphatic heterocycles. The van der Waals surface area contributed by atoms with Crippen molar-refractivity contribution < 1.29 is 14.6 Å². The summed E-state index contributed by atoms with van der Waals surface area (Å²) in [7, 11) is 0. The van der Waals surface area contributed by atoms with Crippen LogP contribution in [0.4, 0.5) is 5.69 Å². The van der Waals surface area contributed by atoms with Crippen LogP contribution in [0, 0.1) is 5.92 Å². The Labute approximate surface area is 106 Å². The Morgan fingerprint density at radius 3 is 2.89 bits per heavy atom. The Balaban J connectivity index is 2.59. The lowest BCUT2D eigenvalue weighted by Crippen LogP contribution is -2.19. The van der Waals surface area contributed by atoms with Gasteiger partial charge in [-0.05, 0) is 6.42 Å². The predicted molar refractivity (Wildman–Crippen MR) is 67.3 cm³/mol. The van der Waals surface area contributed by atoms with Gasteiger partial charge in [0.05, 0.1) is 18.0 Å². The molecule has 0 aliphatic rings. The molecule has 1 amide bonds. The maximum atomic E-state index is 11.5. The number of rotatable bonds is 6. The third-order valence-electron chi connectivity index (χ3n) is 2.32. The highest BCUT2D eigenvalue weighted by atomic mass is 16.5. The Morgan fingerprint density at radius 2 is 2.28 bits per heavy atom. The molecule has 0 bridgehead atoms. The van der Waals surface area contributed by atoms with Crippen LogP contribution in [0.1, 0.15) is 27.2 Å². The van der Waals surface area contributed by atoms with Crippen LogP contribution in [-0.2, 0) is 4.79 Å². The fourth-order valence-electron chi connectivity index (χ4n) is 1.07. The number of nitrogens with one attached hydrogen (secondary N) is 1. The van der Waals surface area contributed by atoms with Gasteiger partial charge < -0.3 is 15.2 Å². The molecule has 0 aromatic carbocycles. The monoisotopic (exact) mass is 253 g/mol. The van der Waals surface area contributed by atoms with E-state index >= 15 is 0 Å². The zero-order valence-corrected chi connectivity index (χ0v) is 10.9. The number of carbonyl (C=O) groups excluding carboxylic acids is 1. The van der Waals surface area contributed by atoms with E-state index in [9.17, 15) is 9.90 Å². The molecule has 0 unspecified atom stereocenters. The summed E-state index contributed by atoms with van der Waals surface area (Å²) < 4.78 is 5.27. The van der Waals surface area contributed by atoms with E-state index in [0.29, 0.717) is 12.1 Å². The molecule has 1 atom stereocenters. The standard InChI is InChI=1S/C12H19N3O3/c1-4-10(16)7-18-11-5-9(6-13-15-11)14-12(17)8(2)3/h5-6,8,10,16H,4,7H2,1-3H3,(H,14,15,17)/t10-/m0/s1. The lowest BCUT2D eigenvalue weighted by molar-refractivity contribution is -0.118. The average molecular weight is 253 g/mol. The highest BCUT2D eigenvalue weighted by molar-refractivity contribution is 5.91. The second kappa shape index (κ2) is 6.90. The number of carbonyl (C=O) groups is 1. The van der Waals surface area contributed by atoms with Crippen LogP contribution in [-0.4, -0.2) is 33.9 Å². The quantitative estimate of drug-likeness (QED) is 0.796. The molecule has 0 spiro atoms. The van der Waals surface area contributed by atoms with E-state index in [-0.39, 0.29) is 24.3 Å². The van der Waals surface area contributed by atoms with Gasteiger partial charge in [0.1, 0.15) is 6.61 Å². The number of aliphatic hydroxyl groups excluding tert-OH is 1. The summed E-state index contributed by atoms with van der Waals surface area (Å²) in [5, 5.41) is 19.6. The number of nitrogens with zero attached hydrogens (tertiary/aromatic N) is 2. The van der Waals surface area contributed by atoms with Crippen LogP contribution < -0.4 is 10.1 Å². The van der Waals surface area contributed by atoms with Gasteiger partial charge in [0.15, 0.2) is 0 Å². The van der Waals surface area contributed by atoms with Crippen LogP contribution in [0.2, 0.25) is 0 Å². The molecule has 6 nitrogen and oxygen atoms in total. The number of anilines is 1. The van der Waals surface area contributed by atoms with Gasteiger partial charge in [0.25, 0.3) is 0 Å². The smallest absolute Gasteiger partial charge is 0.235 e. The summed E-state index contributed by atoms with van der Waals surface area (Å²) in [5.74, 6) is 0.0797. The lowest BCUT2D eigenvalue weighted by atomic mass is 10.2. The summed E-state index contributed by atoms with van der Waals surface area (Å²) in [5.41, 5.74) is 0.532. The zero-order valence-electron chi connectivity index (χ0n) is 10.9. The van der Waals surface area contributed by atoms with Gasteiger partial charge in [-0.1, -0.05) is 20.8 Å². The van der Waals surface area contributed by atoms with Crippen molar-refractivity contribution in [1.29, 1.82) is 0 Å². The van der Waals surface area contributed by atoms with E-state index in [2.05, 4.69) is 15.5 Å². The van der Waals surface area contributed by atoms with Gasteiger partial charge in [0, 0.05) is 12.0 Å². The SMILES string of the molecule is CC[C@H](O)COc1cc(NC(=O)C(C)C)cnn1. The normalized spacial score (nSPS) is 12.3. The van der Waals surface area contributed by atoms with Crippen molar-refractivity contribution in [3.63, 3.8) is 0 Å². The Bertz CT molecular complexity index is 396. The lowest BCUT2D eigenvalue weighted by Gasteiger charge is -2.10. The predicted octanol–water partition coefficient (Wildman–Crippen LogP) is 1.22. The summed E-state index contributed by atoms with van der Waals surface area (Å²) >= 11 is 0. The van der Waals surface area contributed by atoms with E-state index in [1.807, 2.05) is 6.92 Å². The molecule has 18 heavy (non-hydrogen) atoms. The highest BCUT2D eigenvalue weighted by Gasteiger charge is 2.09. The second-order valence-electron chi connectivity index (χ2n) is 4.30. The number of hydrogen-bond acceptors (Lipinski definition) is 5. The Hall–Kier alpha value is -1.69. The largest absolute Gasteiger partial charge is 0.474 e. The first-order valence-corrected chi connectivity index (χ1v) is 5.97. The maximum absolute atomic E-state index is 11.5. The van der Waals surface area contributed by atoms with Crippen LogP contribution in [0.3, 0.4) is 0 Å². The van der Waals surface area contributed by atoms with Crippen LogP contribution in [0.25, 0.3) is 0 Å². The molecule has 0 fully saturated rings. The van der Waals surface area contributed by atoms with Crippen molar-refractivity contribution in [1.82, 2.24) is 10.2 Å². The molecule has 1 rings (SSSR count). The van der Waals surface area contributed by atoms with E-state index in [4.69, 9.17) is 4.74 Å². The number of amides is 1. The van der Waals surface area contributed by atoms with Gasteiger partial charge >= 0.3 is 0 Å². The third kappa shape index (κ3) is 4.67. The summed E-state index contributed by atoms with van der Waals surface area (Å²) in [6, 6.07) is 1.58. The molecule has 0 saturated carbocycles. The Morgan fingerprint density at radius 1 is 1.56 bits per heavy atom. The van der Waals surface area contributed by atoms with Gasteiger partial charge in [-0.25, -0.2) is 0 Å². The first kappa shape index (κ1) is 14.4. The molecule has 0 radical (unpaired) electrons. The molecular formula is C12H19N3O3. The van der Waals surface area contributed by atoms with Gasteiger partial charge in [0.2, 0.25) is 11.8 Å². The van der Waals surface area contributed by atoms with E-state index in [0.717, 1.165) is 0 Å². The fourth-order valence-corrected chi connectivity index (χ4v) is 1.07. The maximum Gasteiger partial charge on any atom is 0.235 e. The van der Waals surface area contributed by atoms with Gasteiger partial charge in [-0.3, -0.25) is 4.79 Å². The van der Waals surface area contributed by atoms with Crippen LogP contribution in [0.5, 0.6) is 5.88 Å². The van der Waals surface area contributed by atoms with Gasteiger partial charge in [-0.2, -0.15) is 5.10 Å². The number of ether oxygens (including phenoxy) is 1. The fraction of sp³-hybridized carbons (Fsp3) is 0.583. The minimum atomic E-state index is -0.527. The van der Waals surface area contributed by atoms with Crippen molar-refractivity contribution in [2.24, 2.45) is 5.92 Å². The highest BCUT2D eigenvalue weighted by Crippen LogP contribution is 2.13. The summed E-state index contributed by atoms with van der Waals surface area (Å²) in [6.07, 6.45) is 1.53. The first-order chi connectivity index (χ1) is 8.52. The van der Waals surface area contributed by atoms with Crippen molar-refractivity contribution in [2.45, 2.75) is 33.3 Å². The van der Waals surface area contributed by atoms with Crippen molar-refractivity contribution >= 4 is 11.6 Å². The van der Waals surface area contributed by atoms with Crippen LogP contribution >= 0.6 is 0 Å². The molecule has 2 N–H and O–H groups in total. The van der Waals surface area contributed by atoms with E-state index in [1.165, 1.54) is 6.20 Å². The Kier molecular flexibility index (Phi) is 5.51. The van der Waals surface area contributed by atoms with Crippen molar-refractivity contribution in [3.8, 4) is 5.88 Å². The third-order valence-corrected chi connectivity index (χ3v) is 2.32. The van der Waals surface area contributed by atoms with Crippen molar-refractivity contribution in [3.05, 3.63) is 12.3 Å². The molecular weight excluding hydrogens is 234 g/mol. The van der Waals surface area contributed by atoms with E-state index in [1.54, 1.807) is 19.9 Å². The zero-order chi connectivity index (χ0) is 13.5. The summed E-state index contributed by atoms with van der Waals surface area (Å²) in [4.78, 5) is 11.5. The molecule has 1 aromatic rings.